The summed E-state index contributed by atoms with van der Waals surface area (Å²) in [4.78, 5) is 46.1. The second kappa shape index (κ2) is 14.5. The molecule has 208 valence electrons. The number of benzene rings is 3. The lowest BCUT2D eigenvalue weighted by molar-refractivity contribution is -0.147. The molecule has 1 atom stereocenters. The predicted molar refractivity (Wildman–Crippen MR) is 148 cm³/mol. The van der Waals surface area contributed by atoms with Crippen LogP contribution in [0.15, 0.2) is 84.9 Å². The minimum Gasteiger partial charge on any atom is -0.489 e. The van der Waals surface area contributed by atoms with Crippen molar-refractivity contribution < 1.29 is 33.4 Å². The molecule has 39 heavy (non-hydrogen) atoms. The summed E-state index contributed by atoms with van der Waals surface area (Å²) in [7, 11) is -4.52. The molecule has 0 fully saturated rings. The molecule has 0 unspecified atom stereocenters. The van der Waals surface area contributed by atoms with Gasteiger partial charge in [0.05, 0.1) is 0 Å². The van der Waals surface area contributed by atoms with Crippen LogP contribution in [0.3, 0.4) is 0 Å². The number of ether oxygens (including phenoxy) is 2. The fourth-order valence-electron chi connectivity index (χ4n) is 3.83. The Hall–Kier alpha value is -3.65. The summed E-state index contributed by atoms with van der Waals surface area (Å²) >= 11 is 0. The van der Waals surface area contributed by atoms with Gasteiger partial charge in [0.15, 0.2) is 0 Å². The van der Waals surface area contributed by atoms with Gasteiger partial charge in [0.2, 0.25) is 0 Å². The van der Waals surface area contributed by atoms with E-state index in [1.54, 1.807) is 24.3 Å². The minimum atomic E-state index is -4.52. The summed E-state index contributed by atoms with van der Waals surface area (Å²) in [5, 5.41) is 2.63. The second-order valence-electron chi connectivity index (χ2n) is 9.64. The molecule has 2 amide bonds. The van der Waals surface area contributed by atoms with Crippen molar-refractivity contribution in [2.45, 2.75) is 39.5 Å². The zero-order valence-electron chi connectivity index (χ0n) is 22.1. The molecule has 0 spiro atoms. The number of urea groups is 1. The van der Waals surface area contributed by atoms with Crippen molar-refractivity contribution >= 4 is 19.6 Å². The highest BCUT2D eigenvalue weighted by molar-refractivity contribution is 7.51. The van der Waals surface area contributed by atoms with Crippen molar-refractivity contribution in [3.8, 4) is 5.75 Å². The molecule has 0 saturated carbocycles. The summed E-state index contributed by atoms with van der Waals surface area (Å²) in [6, 6.07) is 24.2. The van der Waals surface area contributed by atoms with Crippen LogP contribution in [-0.2, 0) is 33.7 Å². The molecule has 0 heterocycles. The summed E-state index contributed by atoms with van der Waals surface area (Å²) in [6.45, 7) is 4.20. The first-order valence-corrected chi connectivity index (χ1v) is 14.4. The molecule has 10 heteroatoms. The quantitative estimate of drug-likeness (QED) is 0.206. The number of carbonyl (C=O) groups excluding carboxylic acids is 2. The molecule has 3 aromatic carbocycles. The van der Waals surface area contributed by atoms with Crippen LogP contribution in [-0.4, -0.2) is 45.6 Å². The summed E-state index contributed by atoms with van der Waals surface area (Å²) < 4.78 is 23.0. The van der Waals surface area contributed by atoms with Gasteiger partial charge in [-0.15, -0.1) is 0 Å². The van der Waals surface area contributed by atoms with Crippen molar-refractivity contribution in [3.63, 3.8) is 0 Å². The Morgan fingerprint density at radius 3 is 1.95 bits per heavy atom. The average Bonchev–Trinajstić information content (AvgIpc) is 2.90. The fourth-order valence-corrected chi connectivity index (χ4v) is 4.52. The first-order chi connectivity index (χ1) is 18.6. The molecular formula is C29H35N2O7P. The van der Waals surface area contributed by atoms with Gasteiger partial charge in [-0.05, 0) is 34.7 Å². The van der Waals surface area contributed by atoms with Crippen molar-refractivity contribution in [2.75, 3.05) is 12.8 Å². The maximum Gasteiger partial charge on any atom is 0.344 e. The van der Waals surface area contributed by atoms with Gasteiger partial charge < -0.3 is 29.5 Å². The molecule has 0 aliphatic carbocycles. The predicted octanol–water partition coefficient (Wildman–Crippen LogP) is 4.72. The highest BCUT2D eigenvalue weighted by Gasteiger charge is 2.29. The molecule has 3 N–H and O–H groups in total. The van der Waals surface area contributed by atoms with E-state index in [0.29, 0.717) is 12.4 Å². The zero-order chi connectivity index (χ0) is 28.3. The van der Waals surface area contributed by atoms with E-state index in [2.05, 4.69) is 5.32 Å². The molecule has 0 aliphatic heterocycles. The lowest BCUT2D eigenvalue weighted by Crippen LogP contribution is -2.50. The van der Waals surface area contributed by atoms with E-state index < -0.39 is 31.9 Å². The van der Waals surface area contributed by atoms with E-state index >= 15 is 0 Å². The maximum absolute atomic E-state index is 13.1. The number of carbonyl (C=O) groups is 2. The molecule has 0 saturated heterocycles. The summed E-state index contributed by atoms with van der Waals surface area (Å²) in [6.07, 6.45) is -0.639. The van der Waals surface area contributed by atoms with Gasteiger partial charge in [-0.2, -0.15) is 0 Å². The van der Waals surface area contributed by atoms with Crippen molar-refractivity contribution in [2.24, 2.45) is 5.92 Å². The highest BCUT2D eigenvalue weighted by atomic mass is 31.2. The Bertz CT molecular complexity index is 1230. The standard InChI is InChI=1S/C29H35N2O7P/c1-22(2)18-31(21-39(34,35)36)29(33)30-27(28(32)38-20-25-11-7-4-8-12-25)17-23-13-15-26(16-14-23)37-19-24-9-5-3-6-10-24/h3-16,22,27H,17-21H2,1-2H3,(H,30,33)(H2,34,35,36)/t27-/m0/s1. The Balaban J connectivity index is 1.71. The number of hydrogen-bond donors (Lipinski definition) is 3. The van der Waals surface area contributed by atoms with E-state index in [0.717, 1.165) is 21.6 Å². The third kappa shape index (κ3) is 10.9. The van der Waals surface area contributed by atoms with Gasteiger partial charge in [-0.3, -0.25) is 4.57 Å². The van der Waals surface area contributed by atoms with Crippen LogP contribution in [0.4, 0.5) is 4.79 Å². The molecule has 3 aromatic rings. The van der Waals surface area contributed by atoms with Crippen LogP contribution in [0.2, 0.25) is 0 Å². The Labute approximate surface area is 228 Å². The number of rotatable bonds is 13. The molecule has 0 aromatic heterocycles. The number of hydrogen-bond acceptors (Lipinski definition) is 5. The molecular weight excluding hydrogens is 519 g/mol. The average molecular weight is 555 g/mol. The fraction of sp³-hybridized carbons (Fsp3) is 0.310. The van der Waals surface area contributed by atoms with E-state index in [1.165, 1.54) is 0 Å². The van der Waals surface area contributed by atoms with Crippen LogP contribution < -0.4 is 10.1 Å². The molecule has 3 rings (SSSR count). The largest absolute Gasteiger partial charge is 0.489 e. The van der Waals surface area contributed by atoms with Gasteiger partial charge >= 0.3 is 19.6 Å². The third-order valence-electron chi connectivity index (χ3n) is 5.65. The third-order valence-corrected chi connectivity index (χ3v) is 6.36. The Kier molecular flexibility index (Phi) is 11.1. The van der Waals surface area contributed by atoms with E-state index in [9.17, 15) is 23.9 Å². The topological polar surface area (TPSA) is 125 Å². The second-order valence-corrected chi connectivity index (χ2v) is 11.3. The molecule has 9 nitrogen and oxygen atoms in total. The first kappa shape index (κ1) is 29.9. The maximum atomic E-state index is 13.1. The van der Waals surface area contributed by atoms with Gasteiger partial charge in [0.25, 0.3) is 0 Å². The Morgan fingerprint density at radius 1 is 0.846 bits per heavy atom. The lowest BCUT2D eigenvalue weighted by Gasteiger charge is -2.27. The zero-order valence-corrected chi connectivity index (χ0v) is 23.0. The van der Waals surface area contributed by atoms with Crippen LogP contribution >= 0.6 is 7.60 Å². The van der Waals surface area contributed by atoms with Gasteiger partial charge in [-0.25, -0.2) is 9.59 Å². The smallest absolute Gasteiger partial charge is 0.344 e. The number of amides is 2. The van der Waals surface area contributed by atoms with E-state index in [4.69, 9.17) is 9.47 Å². The molecule has 0 bridgehead atoms. The first-order valence-electron chi connectivity index (χ1n) is 12.7. The minimum absolute atomic E-state index is 0.0243. The lowest BCUT2D eigenvalue weighted by atomic mass is 10.1. The number of nitrogens with zero attached hydrogens (tertiary/aromatic N) is 1. The van der Waals surface area contributed by atoms with E-state index in [-0.39, 0.29) is 25.5 Å². The van der Waals surface area contributed by atoms with Crippen LogP contribution in [0, 0.1) is 5.92 Å². The van der Waals surface area contributed by atoms with Gasteiger partial charge in [0, 0.05) is 13.0 Å². The molecule has 0 aliphatic rings. The van der Waals surface area contributed by atoms with E-state index in [1.807, 2.05) is 74.5 Å². The van der Waals surface area contributed by atoms with Crippen LogP contribution in [0.5, 0.6) is 5.75 Å². The van der Waals surface area contributed by atoms with Crippen molar-refractivity contribution in [1.29, 1.82) is 0 Å². The summed E-state index contributed by atoms with van der Waals surface area (Å²) in [5.74, 6) is -0.0499. The SMILES string of the molecule is CC(C)CN(CP(=O)(O)O)C(=O)N[C@@H](Cc1ccc(OCc2ccccc2)cc1)C(=O)OCc1ccccc1. The molecule has 0 radical (unpaired) electrons. The Morgan fingerprint density at radius 2 is 1.41 bits per heavy atom. The number of nitrogens with one attached hydrogen (secondary N) is 1. The van der Waals surface area contributed by atoms with Crippen molar-refractivity contribution in [1.82, 2.24) is 10.2 Å². The monoisotopic (exact) mass is 554 g/mol. The normalized spacial score (nSPS) is 12.0. The van der Waals surface area contributed by atoms with Crippen LogP contribution in [0.1, 0.15) is 30.5 Å². The highest BCUT2D eigenvalue weighted by Crippen LogP contribution is 2.35. The summed E-state index contributed by atoms with van der Waals surface area (Å²) in [5.41, 5.74) is 2.57. The number of esters is 1. The van der Waals surface area contributed by atoms with Crippen LogP contribution in [0.25, 0.3) is 0 Å². The van der Waals surface area contributed by atoms with Gasteiger partial charge in [-0.1, -0.05) is 86.6 Å². The van der Waals surface area contributed by atoms with Gasteiger partial charge in [0.1, 0.15) is 31.3 Å². The van der Waals surface area contributed by atoms with Crippen molar-refractivity contribution in [3.05, 3.63) is 102 Å².